The van der Waals surface area contributed by atoms with E-state index >= 15 is 0 Å². The van der Waals surface area contributed by atoms with Crippen molar-refractivity contribution in [2.24, 2.45) is 0 Å². The molecule has 0 aliphatic carbocycles. The monoisotopic (exact) mass is 346 g/mol. The van der Waals surface area contributed by atoms with Crippen molar-refractivity contribution >= 4 is 34.3 Å². The average molecular weight is 346 g/mol. The molecule has 116 valence electrons. The Morgan fingerprint density at radius 3 is 2.65 bits per heavy atom. The third-order valence-corrected chi connectivity index (χ3v) is 4.84. The third kappa shape index (κ3) is 3.61. The first-order valence-electron chi connectivity index (χ1n) is 6.53. The van der Waals surface area contributed by atoms with Gasteiger partial charge < -0.3 is 4.74 Å². The van der Waals surface area contributed by atoms with Crippen molar-refractivity contribution in [3.05, 3.63) is 68.5 Å². The Labute approximate surface area is 139 Å². The highest BCUT2D eigenvalue weighted by molar-refractivity contribution is 7.20. The van der Waals surface area contributed by atoms with Gasteiger partial charge in [0.15, 0.2) is 5.69 Å². The minimum absolute atomic E-state index is 0.000155. The number of carbonyl (C=O) groups is 1. The number of rotatable bonds is 5. The van der Waals surface area contributed by atoms with Crippen molar-refractivity contribution in [3.63, 3.8) is 0 Å². The molecule has 6 nitrogen and oxygen atoms in total. The number of nitrogens with zero attached hydrogens (tertiary/aromatic N) is 2. The van der Waals surface area contributed by atoms with Crippen molar-refractivity contribution in [2.75, 3.05) is 0 Å². The lowest BCUT2D eigenvalue weighted by Crippen LogP contribution is -2.05. The molecule has 0 saturated heterocycles. The number of hydrogen-bond donors (Lipinski definition) is 0. The smallest absolute Gasteiger partial charge is 0.358 e. The van der Waals surface area contributed by atoms with Crippen molar-refractivity contribution in [1.82, 2.24) is 4.98 Å². The number of carbonyl (C=O) groups excluding carboxylic acids is 1. The van der Waals surface area contributed by atoms with Crippen LogP contribution < -0.4 is 0 Å². The number of hydrogen-bond acceptors (Lipinski definition) is 7. The fraction of sp³-hybridized carbons (Fsp3) is 0.0667. The lowest BCUT2D eigenvalue weighted by Gasteiger charge is -2.02. The van der Waals surface area contributed by atoms with Crippen LogP contribution in [0.1, 0.15) is 16.1 Å². The molecule has 0 fully saturated rings. The summed E-state index contributed by atoms with van der Waals surface area (Å²) in [4.78, 5) is 27.4. The number of esters is 1. The summed E-state index contributed by atoms with van der Waals surface area (Å²) in [5.74, 6) is -0.512. The van der Waals surface area contributed by atoms with Crippen molar-refractivity contribution in [3.8, 4) is 9.88 Å². The van der Waals surface area contributed by atoms with Crippen LogP contribution in [0.2, 0.25) is 0 Å². The van der Waals surface area contributed by atoms with Crippen LogP contribution in [0.25, 0.3) is 9.88 Å². The first-order valence-corrected chi connectivity index (χ1v) is 8.29. The van der Waals surface area contributed by atoms with E-state index in [2.05, 4.69) is 4.98 Å². The van der Waals surface area contributed by atoms with Crippen molar-refractivity contribution in [2.45, 2.75) is 6.61 Å². The molecule has 0 radical (unpaired) electrons. The second kappa shape index (κ2) is 6.67. The minimum atomic E-state index is -0.512. The van der Waals surface area contributed by atoms with Gasteiger partial charge in [-0.25, -0.2) is 9.78 Å². The number of thiophene rings is 1. The molecule has 0 amide bonds. The Morgan fingerprint density at radius 2 is 2.00 bits per heavy atom. The van der Waals surface area contributed by atoms with Crippen LogP contribution >= 0.6 is 22.7 Å². The second-order valence-corrected chi connectivity index (χ2v) is 6.32. The number of aromatic nitrogens is 1. The van der Waals surface area contributed by atoms with Gasteiger partial charge in [-0.05, 0) is 29.1 Å². The van der Waals surface area contributed by atoms with Crippen LogP contribution in [-0.4, -0.2) is 15.9 Å². The Bertz CT molecular complexity index is 826. The van der Waals surface area contributed by atoms with Gasteiger partial charge in [-0.2, -0.15) is 0 Å². The normalized spacial score (nSPS) is 10.4. The summed E-state index contributed by atoms with van der Waals surface area (Å²) in [7, 11) is 0. The average Bonchev–Trinajstić information content (AvgIpc) is 3.23. The van der Waals surface area contributed by atoms with Crippen LogP contribution in [0, 0.1) is 10.1 Å². The fourth-order valence-electron chi connectivity index (χ4n) is 1.82. The van der Waals surface area contributed by atoms with E-state index in [9.17, 15) is 14.9 Å². The summed E-state index contributed by atoms with van der Waals surface area (Å²) in [5.41, 5.74) is 0.943. The van der Waals surface area contributed by atoms with Gasteiger partial charge in [0, 0.05) is 17.5 Å². The topological polar surface area (TPSA) is 82.3 Å². The van der Waals surface area contributed by atoms with E-state index in [1.165, 1.54) is 23.5 Å². The highest BCUT2D eigenvalue weighted by Crippen LogP contribution is 2.28. The van der Waals surface area contributed by atoms with E-state index in [0.717, 1.165) is 9.88 Å². The lowest BCUT2D eigenvalue weighted by molar-refractivity contribution is -0.384. The first-order chi connectivity index (χ1) is 11.1. The summed E-state index contributed by atoms with van der Waals surface area (Å²) in [6.45, 7) is 0.0443. The van der Waals surface area contributed by atoms with Gasteiger partial charge in [0.25, 0.3) is 5.69 Å². The van der Waals surface area contributed by atoms with E-state index in [4.69, 9.17) is 4.74 Å². The van der Waals surface area contributed by atoms with Gasteiger partial charge in [0.1, 0.15) is 11.6 Å². The minimum Gasteiger partial charge on any atom is -0.456 e. The molecule has 0 spiro atoms. The van der Waals surface area contributed by atoms with Crippen LogP contribution in [0.4, 0.5) is 5.69 Å². The van der Waals surface area contributed by atoms with Gasteiger partial charge in [-0.1, -0.05) is 6.07 Å². The van der Waals surface area contributed by atoms with Crippen LogP contribution in [-0.2, 0) is 11.3 Å². The van der Waals surface area contributed by atoms with E-state index in [1.807, 2.05) is 17.5 Å². The third-order valence-electron chi connectivity index (χ3n) is 2.96. The number of benzene rings is 1. The number of ether oxygens (including phenoxy) is 1. The van der Waals surface area contributed by atoms with E-state index < -0.39 is 10.9 Å². The number of thiazole rings is 1. The lowest BCUT2D eigenvalue weighted by atomic mass is 10.2. The number of nitro benzene ring substituents is 1. The number of non-ortho nitro benzene ring substituents is 1. The molecule has 0 N–H and O–H groups in total. The Kier molecular flexibility index (Phi) is 4.45. The molecule has 3 rings (SSSR count). The Hall–Kier alpha value is -2.58. The first kappa shape index (κ1) is 15.3. The van der Waals surface area contributed by atoms with Crippen molar-refractivity contribution < 1.29 is 14.5 Å². The SMILES string of the molecule is O=C(OCc1ccc([N+](=O)[O-])cc1)c1csc(-c2cccs2)n1. The largest absolute Gasteiger partial charge is 0.456 e. The summed E-state index contributed by atoms with van der Waals surface area (Å²) < 4.78 is 5.18. The molecule has 8 heteroatoms. The highest BCUT2D eigenvalue weighted by Gasteiger charge is 2.14. The van der Waals surface area contributed by atoms with Gasteiger partial charge in [0.2, 0.25) is 0 Å². The molecular formula is C15H10N2O4S2. The summed E-state index contributed by atoms with van der Waals surface area (Å²) in [5, 5.41) is 15.0. The molecule has 3 aromatic rings. The zero-order valence-corrected chi connectivity index (χ0v) is 13.3. The zero-order valence-electron chi connectivity index (χ0n) is 11.7. The molecule has 23 heavy (non-hydrogen) atoms. The summed E-state index contributed by atoms with van der Waals surface area (Å²) in [6.07, 6.45) is 0. The van der Waals surface area contributed by atoms with Gasteiger partial charge in [-0.3, -0.25) is 10.1 Å². The van der Waals surface area contributed by atoms with Crippen LogP contribution in [0.15, 0.2) is 47.2 Å². The molecule has 2 heterocycles. The molecule has 2 aromatic heterocycles. The van der Waals surface area contributed by atoms with Crippen molar-refractivity contribution in [1.29, 1.82) is 0 Å². The van der Waals surface area contributed by atoms with Gasteiger partial charge in [-0.15, -0.1) is 22.7 Å². The maximum atomic E-state index is 12.0. The maximum absolute atomic E-state index is 12.0. The molecule has 1 aromatic carbocycles. The molecule has 0 unspecified atom stereocenters. The van der Waals surface area contributed by atoms with E-state index in [-0.39, 0.29) is 18.0 Å². The van der Waals surface area contributed by atoms with Gasteiger partial charge >= 0.3 is 5.97 Å². The summed E-state index contributed by atoms with van der Waals surface area (Å²) >= 11 is 2.94. The highest BCUT2D eigenvalue weighted by atomic mass is 32.1. The maximum Gasteiger partial charge on any atom is 0.358 e. The molecule has 0 atom stereocenters. The Morgan fingerprint density at radius 1 is 1.22 bits per heavy atom. The predicted molar refractivity (Wildman–Crippen MR) is 87.6 cm³/mol. The molecule has 0 aliphatic rings. The van der Waals surface area contributed by atoms with E-state index in [1.54, 1.807) is 28.8 Å². The van der Waals surface area contributed by atoms with Crippen LogP contribution in [0.3, 0.4) is 0 Å². The standard InChI is InChI=1S/C15H10N2O4S2/c18-15(12-9-23-14(16-12)13-2-1-7-22-13)21-8-10-3-5-11(6-4-10)17(19)20/h1-7,9H,8H2. The Balaban J connectivity index is 1.62. The predicted octanol–water partition coefficient (Wildman–Crippen LogP) is 4.14. The molecule has 0 saturated carbocycles. The molecular weight excluding hydrogens is 336 g/mol. The fourth-order valence-corrected chi connectivity index (χ4v) is 3.42. The zero-order chi connectivity index (χ0) is 16.2. The number of nitro groups is 1. The molecule has 0 bridgehead atoms. The van der Waals surface area contributed by atoms with Crippen LogP contribution in [0.5, 0.6) is 0 Å². The molecule has 0 aliphatic heterocycles. The second-order valence-electron chi connectivity index (χ2n) is 4.51. The van der Waals surface area contributed by atoms with Gasteiger partial charge in [0.05, 0.1) is 9.80 Å². The van der Waals surface area contributed by atoms with E-state index in [0.29, 0.717) is 5.56 Å². The summed E-state index contributed by atoms with van der Waals surface area (Å²) in [6, 6.07) is 9.73. The quantitative estimate of drug-likeness (QED) is 0.394.